The Morgan fingerprint density at radius 1 is 1.29 bits per heavy atom. The van der Waals surface area contributed by atoms with Crippen LogP contribution in [0.25, 0.3) is 0 Å². The molecule has 14 heavy (non-hydrogen) atoms. The lowest BCUT2D eigenvalue weighted by molar-refractivity contribution is -0.0924. The van der Waals surface area contributed by atoms with Gasteiger partial charge in [-0.1, -0.05) is 6.08 Å². The van der Waals surface area contributed by atoms with E-state index in [0.717, 1.165) is 12.3 Å². The van der Waals surface area contributed by atoms with Gasteiger partial charge in [-0.3, -0.25) is 4.99 Å². The van der Waals surface area contributed by atoms with Gasteiger partial charge in [-0.05, 0) is 18.0 Å². The summed E-state index contributed by atoms with van der Waals surface area (Å²) in [4.78, 5) is 3.12. The third kappa shape index (κ3) is 2.71. The van der Waals surface area contributed by atoms with Crippen LogP contribution >= 0.6 is 0 Å². The molecule has 1 heterocycles. The lowest BCUT2D eigenvalue weighted by atomic mass is 9.79. The maximum atomic E-state index is 12.1. The predicted molar refractivity (Wildman–Crippen MR) is 45.5 cm³/mol. The lowest BCUT2D eigenvalue weighted by Gasteiger charge is -2.04. The Hall–Kier alpha value is -1.08. The number of nitrogens with zero attached hydrogens (tertiary/aromatic N) is 1. The Bertz CT molecular complexity index is 307. The maximum Gasteiger partial charge on any atom is 0.489 e. The fourth-order valence-corrected chi connectivity index (χ4v) is 0.917. The molecule has 0 aliphatic carbocycles. The van der Waals surface area contributed by atoms with Crippen LogP contribution in [-0.4, -0.2) is 29.6 Å². The van der Waals surface area contributed by atoms with E-state index < -0.39 is 19.0 Å². The highest BCUT2D eigenvalue weighted by Crippen LogP contribution is 2.27. The standard InChI is InChI=1S/C7H7BF3NO2/c9-7(10,11)6-3-1-2-5(4-12-6)8(13)14/h2-4,13-14H,1H2. The van der Waals surface area contributed by atoms with Crippen molar-refractivity contribution in [1.29, 1.82) is 0 Å². The van der Waals surface area contributed by atoms with Crippen LogP contribution in [0.4, 0.5) is 13.2 Å². The third-order valence-corrected chi connectivity index (χ3v) is 1.61. The van der Waals surface area contributed by atoms with Gasteiger partial charge in [0.2, 0.25) is 0 Å². The summed E-state index contributed by atoms with van der Waals surface area (Å²) in [6.07, 6.45) is -1.57. The zero-order chi connectivity index (χ0) is 10.8. The summed E-state index contributed by atoms with van der Waals surface area (Å²) >= 11 is 0. The van der Waals surface area contributed by atoms with Gasteiger partial charge in [0.1, 0.15) is 5.70 Å². The molecule has 7 heteroatoms. The minimum atomic E-state index is -4.50. The summed E-state index contributed by atoms with van der Waals surface area (Å²) in [5, 5.41) is 17.4. The predicted octanol–water partition coefficient (Wildman–Crippen LogP) is 0.846. The van der Waals surface area contributed by atoms with Crippen molar-refractivity contribution in [3.05, 3.63) is 23.3 Å². The fourth-order valence-electron chi connectivity index (χ4n) is 0.917. The first-order valence-corrected chi connectivity index (χ1v) is 3.79. The largest absolute Gasteiger partial charge is 0.489 e. The van der Waals surface area contributed by atoms with Crippen molar-refractivity contribution in [1.82, 2.24) is 0 Å². The minimum Gasteiger partial charge on any atom is -0.423 e. The molecule has 0 bridgehead atoms. The Kier molecular flexibility index (Phi) is 3.12. The summed E-state index contributed by atoms with van der Waals surface area (Å²) < 4.78 is 36.4. The van der Waals surface area contributed by atoms with E-state index in [1.165, 1.54) is 6.08 Å². The molecule has 0 unspecified atom stereocenters. The Labute approximate surface area is 78.4 Å². The molecular weight excluding hydrogens is 198 g/mol. The van der Waals surface area contributed by atoms with Crippen LogP contribution in [0, 0.1) is 0 Å². The van der Waals surface area contributed by atoms with Gasteiger partial charge in [0.05, 0.1) is 0 Å². The molecule has 3 nitrogen and oxygen atoms in total. The van der Waals surface area contributed by atoms with Crippen molar-refractivity contribution in [2.75, 3.05) is 0 Å². The fraction of sp³-hybridized carbons (Fsp3) is 0.286. The van der Waals surface area contributed by atoms with Gasteiger partial charge in [-0.2, -0.15) is 13.2 Å². The lowest BCUT2D eigenvalue weighted by Crippen LogP contribution is -2.16. The molecule has 76 valence electrons. The number of alkyl halides is 3. The molecule has 1 rings (SSSR count). The first-order valence-electron chi connectivity index (χ1n) is 3.79. The van der Waals surface area contributed by atoms with Crippen LogP contribution in [0.1, 0.15) is 6.42 Å². The Balaban J connectivity index is 2.83. The van der Waals surface area contributed by atoms with Gasteiger partial charge in [-0.15, -0.1) is 0 Å². The smallest absolute Gasteiger partial charge is 0.423 e. The van der Waals surface area contributed by atoms with E-state index in [-0.39, 0.29) is 11.9 Å². The molecule has 0 radical (unpaired) electrons. The van der Waals surface area contributed by atoms with E-state index >= 15 is 0 Å². The molecule has 2 N–H and O–H groups in total. The van der Waals surface area contributed by atoms with E-state index in [1.54, 1.807) is 0 Å². The highest BCUT2D eigenvalue weighted by molar-refractivity contribution is 6.57. The average Bonchev–Trinajstić information content (AvgIpc) is 2.26. The van der Waals surface area contributed by atoms with Crippen molar-refractivity contribution in [2.45, 2.75) is 12.6 Å². The van der Waals surface area contributed by atoms with Crippen LogP contribution < -0.4 is 0 Å². The Morgan fingerprint density at radius 3 is 2.43 bits per heavy atom. The van der Waals surface area contributed by atoms with Crippen molar-refractivity contribution < 1.29 is 23.2 Å². The zero-order valence-electron chi connectivity index (χ0n) is 6.99. The summed E-state index contributed by atoms with van der Waals surface area (Å²) in [7, 11) is -1.79. The van der Waals surface area contributed by atoms with Gasteiger partial charge in [0, 0.05) is 6.21 Å². The summed E-state index contributed by atoms with van der Waals surface area (Å²) in [5.41, 5.74) is -1.06. The molecule has 0 saturated heterocycles. The third-order valence-electron chi connectivity index (χ3n) is 1.61. The number of hydrogen-bond donors (Lipinski definition) is 2. The number of hydrogen-bond acceptors (Lipinski definition) is 3. The van der Waals surface area contributed by atoms with Crippen molar-refractivity contribution in [2.24, 2.45) is 4.99 Å². The van der Waals surface area contributed by atoms with E-state index in [0.29, 0.717) is 0 Å². The molecule has 0 amide bonds. The Morgan fingerprint density at radius 2 is 1.93 bits per heavy atom. The molecule has 0 spiro atoms. The zero-order valence-corrected chi connectivity index (χ0v) is 6.99. The average molecular weight is 205 g/mol. The maximum absolute atomic E-state index is 12.1. The van der Waals surface area contributed by atoms with Crippen LogP contribution in [0.2, 0.25) is 0 Å². The van der Waals surface area contributed by atoms with Gasteiger partial charge in [0.15, 0.2) is 0 Å². The SMILES string of the molecule is OB(O)C1=CCC=C(C(F)(F)F)N=C1. The van der Waals surface area contributed by atoms with E-state index in [4.69, 9.17) is 10.0 Å². The first-order chi connectivity index (χ1) is 6.41. The second-order valence-corrected chi connectivity index (χ2v) is 2.66. The van der Waals surface area contributed by atoms with Crippen LogP contribution in [-0.2, 0) is 0 Å². The van der Waals surface area contributed by atoms with Crippen LogP contribution in [0.15, 0.2) is 28.3 Å². The topological polar surface area (TPSA) is 52.8 Å². The molecule has 0 saturated carbocycles. The highest BCUT2D eigenvalue weighted by Gasteiger charge is 2.33. The van der Waals surface area contributed by atoms with Gasteiger partial charge in [-0.25, -0.2) is 0 Å². The van der Waals surface area contributed by atoms with Gasteiger partial charge >= 0.3 is 13.3 Å². The molecule has 1 aliphatic rings. The van der Waals surface area contributed by atoms with Crippen molar-refractivity contribution >= 4 is 13.3 Å². The molecular formula is C7H7BF3NO2. The summed E-state index contributed by atoms with van der Waals surface area (Å²) in [6, 6.07) is 0. The van der Waals surface area contributed by atoms with Crippen LogP contribution in [0.5, 0.6) is 0 Å². The first kappa shape index (κ1) is 11.0. The molecule has 0 aromatic heterocycles. The summed E-state index contributed by atoms with van der Waals surface area (Å²) in [6.45, 7) is 0. The van der Waals surface area contributed by atoms with E-state index in [9.17, 15) is 13.2 Å². The molecule has 0 fully saturated rings. The molecule has 0 atom stereocenters. The van der Waals surface area contributed by atoms with Gasteiger partial charge in [0.25, 0.3) is 0 Å². The molecule has 1 aliphatic heterocycles. The van der Waals surface area contributed by atoms with Gasteiger partial charge < -0.3 is 10.0 Å². The molecule has 0 aromatic rings. The second kappa shape index (κ2) is 3.97. The number of halogens is 3. The minimum absolute atomic E-state index is 0.0260. The number of aliphatic imine (C=N–C) groups is 1. The second-order valence-electron chi connectivity index (χ2n) is 2.66. The number of rotatable bonds is 1. The van der Waals surface area contributed by atoms with E-state index in [2.05, 4.69) is 4.99 Å². The monoisotopic (exact) mass is 205 g/mol. The highest BCUT2D eigenvalue weighted by atomic mass is 19.4. The van der Waals surface area contributed by atoms with Crippen molar-refractivity contribution in [3.63, 3.8) is 0 Å². The normalized spacial score (nSPS) is 17.2. The van der Waals surface area contributed by atoms with E-state index in [1.807, 2.05) is 0 Å². The quantitative estimate of drug-likeness (QED) is 0.623. The van der Waals surface area contributed by atoms with Crippen molar-refractivity contribution in [3.8, 4) is 0 Å². The summed E-state index contributed by atoms with van der Waals surface area (Å²) in [5.74, 6) is 0. The van der Waals surface area contributed by atoms with Crippen LogP contribution in [0.3, 0.4) is 0 Å². The number of allylic oxidation sites excluding steroid dienone is 4. The molecule has 0 aromatic carbocycles.